The van der Waals surface area contributed by atoms with Gasteiger partial charge in [-0.2, -0.15) is 4.98 Å². The maximum absolute atomic E-state index is 12.7. The van der Waals surface area contributed by atoms with Crippen LogP contribution >= 0.6 is 0 Å². The fourth-order valence-electron chi connectivity index (χ4n) is 2.80. The van der Waals surface area contributed by atoms with E-state index in [4.69, 9.17) is 14.2 Å². The van der Waals surface area contributed by atoms with Gasteiger partial charge in [0.15, 0.2) is 0 Å². The quantitative estimate of drug-likeness (QED) is 0.791. The summed E-state index contributed by atoms with van der Waals surface area (Å²) >= 11 is 0. The first-order valence-electron chi connectivity index (χ1n) is 8.64. The molecule has 1 saturated heterocycles. The van der Waals surface area contributed by atoms with Gasteiger partial charge in [0.05, 0.1) is 32.2 Å². The summed E-state index contributed by atoms with van der Waals surface area (Å²) in [7, 11) is 1.53. The zero-order chi connectivity index (χ0) is 18.5. The summed E-state index contributed by atoms with van der Waals surface area (Å²) in [5.41, 5.74) is 0.642. The third-order valence-corrected chi connectivity index (χ3v) is 3.99. The highest BCUT2D eigenvalue weighted by Gasteiger charge is 2.28. The van der Waals surface area contributed by atoms with Crippen LogP contribution in [-0.4, -0.2) is 53.2 Å². The molecule has 2 aromatic rings. The molecule has 3 rings (SSSR count). The van der Waals surface area contributed by atoms with Gasteiger partial charge in [-0.1, -0.05) is 0 Å². The lowest BCUT2D eigenvalue weighted by atomic mass is 10.2. The van der Waals surface area contributed by atoms with E-state index in [0.717, 1.165) is 12.2 Å². The summed E-state index contributed by atoms with van der Waals surface area (Å²) < 4.78 is 16.5. The second-order valence-corrected chi connectivity index (χ2v) is 6.37. The first kappa shape index (κ1) is 18.0. The lowest BCUT2D eigenvalue weighted by Crippen LogP contribution is -2.31. The molecule has 0 saturated carbocycles. The second-order valence-electron chi connectivity index (χ2n) is 6.37. The number of hydrogen-bond acceptors (Lipinski definition) is 6. The van der Waals surface area contributed by atoms with Gasteiger partial charge >= 0.3 is 0 Å². The standard InChI is InChI=1S/C19H23N3O4/c1-13(2)25-15-6-4-14(5-7-15)19(23)22-9-8-16(12-22)26-18-11-20-10-17(21-18)24-3/h4-7,10-11,13,16H,8-9,12H2,1-3H3. The van der Waals surface area contributed by atoms with E-state index in [2.05, 4.69) is 9.97 Å². The average Bonchev–Trinajstić information content (AvgIpc) is 3.10. The SMILES string of the molecule is COc1cncc(OC2CCN(C(=O)c3ccc(OC(C)C)cc3)C2)n1. The Hall–Kier alpha value is -2.83. The Morgan fingerprint density at radius 1 is 1.19 bits per heavy atom. The molecule has 0 bridgehead atoms. The van der Waals surface area contributed by atoms with Crippen molar-refractivity contribution in [1.82, 2.24) is 14.9 Å². The number of hydrogen-bond donors (Lipinski definition) is 0. The number of carbonyl (C=O) groups excluding carboxylic acids is 1. The molecule has 26 heavy (non-hydrogen) atoms. The van der Waals surface area contributed by atoms with Crippen molar-refractivity contribution in [3.8, 4) is 17.5 Å². The normalized spacial score (nSPS) is 16.6. The third kappa shape index (κ3) is 4.41. The number of aromatic nitrogens is 2. The fourth-order valence-corrected chi connectivity index (χ4v) is 2.80. The number of methoxy groups -OCH3 is 1. The zero-order valence-electron chi connectivity index (χ0n) is 15.2. The number of likely N-dealkylation sites (tertiary alicyclic amines) is 1. The molecule has 0 N–H and O–H groups in total. The van der Waals surface area contributed by atoms with E-state index in [1.807, 2.05) is 26.0 Å². The van der Waals surface area contributed by atoms with Crippen molar-refractivity contribution in [3.63, 3.8) is 0 Å². The van der Waals surface area contributed by atoms with Crippen LogP contribution in [0, 0.1) is 0 Å². The second kappa shape index (κ2) is 8.03. The van der Waals surface area contributed by atoms with Crippen LogP contribution in [0.15, 0.2) is 36.7 Å². The largest absolute Gasteiger partial charge is 0.491 e. The monoisotopic (exact) mass is 357 g/mol. The topological polar surface area (TPSA) is 73.8 Å². The molecule has 0 aliphatic carbocycles. The Labute approximate surface area is 152 Å². The molecule has 1 amide bonds. The van der Waals surface area contributed by atoms with Gasteiger partial charge < -0.3 is 19.1 Å². The van der Waals surface area contributed by atoms with Crippen LogP contribution in [0.25, 0.3) is 0 Å². The van der Waals surface area contributed by atoms with Crippen LogP contribution in [0.2, 0.25) is 0 Å². The molecule has 1 aromatic heterocycles. The van der Waals surface area contributed by atoms with Gasteiger partial charge in [0.25, 0.3) is 5.91 Å². The van der Waals surface area contributed by atoms with E-state index in [1.54, 1.807) is 23.2 Å². The highest BCUT2D eigenvalue weighted by molar-refractivity contribution is 5.94. The van der Waals surface area contributed by atoms with Crippen LogP contribution in [0.4, 0.5) is 0 Å². The van der Waals surface area contributed by atoms with E-state index in [1.165, 1.54) is 13.3 Å². The molecule has 1 aliphatic rings. The van der Waals surface area contributed by atoms with Gasteiger partial charge in [0.1, 0.15) is 11.9 Å². The number of benzene rings is 1. The van der Waals surface area contributed by atoms with Crippen molar-refractivity contribution in [3.05, 3.63) is 42.2 Å². The summed E-state index contributed by atoms with van der Waals surface area (Å²) in [6.07, 6.45) is 3.81. The number of nitrogens with zero attached hydrogens (tertiary/aromatic N) is 3. The lowest BCUT2D eigenvalue weighted by Gasteiger charge is -2.17. The average molecular weight is 357 g/mol. The Morgan fingerprint density at radius 3 is 2.62 bits per heavy atom. The molecule has 0 spiro atoms. The summed E-state index contributed by atoms with van der Waals surface area (Å²) in [4.78, 5) is 22.7. The first-order valence-corrected chi connectivity index (χ1v) is 8.64. The molecule has 1 atom stereocenters. The predicted octanol–water partition coefficient (Wildman–Crippen LogP) is 2.57. The molecule has 1 unspecified atom stereocenters. The molecule has 0 radical (unpaired) electrons. The number of carbonyl (C=O) groups is 1. The minimum atomic E-state index is -0.107. The van der Waals surface area contributed by atoms with Gasteiger partial charge in [0, 0.05) is 18.5 Å². The van der Waals surface area contributed by atoms with E-state index in [-0.39, 0.29) is 18.1 Å². The zero-order valence-corrected chi connectivity index (χ0v) is 15.2. The van der Waals surface area contributed by atoms with Crippen LogP contribution in [0.3, 0.4) is 0 Å². The molecule has 2 heterocycles. The van der Waals surface area contributed by atoms with Crippen molar-refractivity contribution in [2.45, 2.75) is 32.5 Å². The maximum atomic E-state index is 12.7. The predicted molar refractivity (Wildman–Crippen MR) is 95.7 cm³/mol. The van der Waals surface area contributed by atoms with Gasteiger partial charge in [-0.3, -0.25) is 9.78 Å². The van der Waals surface area contributed by atoms with Gasteiger partial charge in [0.2, 0.25) is 11.8 Å². The van der Waals surface area contributed by atoms with E-state index >= 15 is 0 Å². The smallest absolute Gasteiger partial charge is 0.253 e. The summed E-state index contributed by atoms with van der Waals surface area (Å²) in [6.45, 7) is 5.10. The highest BCUT2D eigenvalue weighted by Crippen LogP contribution is 2.21. The maximum Gasteiger partial charge on any atom is 0.253 e. The molecule has 1 fully saturated rings. The van der Waals surface area contributed by atoms with Gasteiger partial charge in [-0.15, -0.1) is 0 Å². The Kier molecular flexibility index (Phi) is 5.55. The lowest BCUT2D eigenvalue weighted by molar-refractivity contribution is 0.0771. The van der Waals surface area contributed by atoms with Crippen molar-refractivity contribution >= 4 is 5.91 Å². The summed E-state index contributed by atoms with van der Waals surface area (Å²) in [6, 6.07) is 7.23. The number of ether oxygens (including phenoxy) is 3. The first-order chi connectivity index (χ1) is 12.5. The number of amides is 1. The third-order valence-electron chi connectivity index (χ3n) is 3.99. The van der Waals surface area contributed by atoms with E-state index in [0.29, 0.717) is 30.4 Å². The van der Waals surface area contributed by atoms with Crippen LogP contribution in [0.5, 0.6) is 17.5 Å². The molecule has 1 aromatic carbocycles. The molecule has 7 nitrogen and oxygen atoms in total. The van der Waals surface area contributed by atoms with E-state index in [9.17, 15) is 4.79 Å². The van der Waals surface area contributed by atoms with Gasteiger partial charge in [-0.25, -0.2) is 0 Å². The Morgan fingerprint density at radius 2 is 1.92 bits per heavy atom. The highest BCUT2D eigenvalue weighted by atomic mass is 16.5. The fraction of sp³-hybridized carbons (Fsp3) is 0.421. The Balaban J connectivity index is 1.58. The van der Waals surface area contributed by atoms with Crippen LogP contribution in [0.1, 0.15) is 30.6 Å². The Bertz CT molecular complexity index is 749. The van der Waals surface area contributed by atoms with Crippen LogP contribution < -0.4 is 14.2 Å². The van der Waals surface area contributed by atoms with Crippen molar-refractivity contribution in [2.24, 2.45) is 0 Å². The molecule has 1 aliphatic heterocycles. The molecular formula is C19H23N3O4. The summed E-state index contributed by atoms with van der Waals surface area (Å²) in [5, 5.41) is 0. The number of rotatable bonds is 6. The summed E-state index contributed by atoms with van der Waals surface area (Å²) in [5.74, 6) is 1.55. The minimum Gasteiger partial charge on any atom is -0.491 e. The minimum absolute atomic E-state index is 0.0103. The molecule has 138 valence electrons. The van der Waals surface area contributed by atoms with Crippen molar-refractivity contribution in [2.75, 3.05) is 20.2 Å². The van der Waals surface area contributed by atoms with Crippen LogP contribution in [-0.2, 0) is 0 Å². The molecular weight excluding hydrogens is 334 g/mol. The van der Waals surface area contributed by atoms with Gasteiger partial charge in [-0.05, 0) is 38.1 Å². The van der Waals surface area contributed by atoms with Crippen molar-refractivity contribution in [1.29, 1.82) is 0 Å². The molecule has 7 heteroatoms. The van der Waals surface area contributed by atoms with E-state index < -0.39 is 0 Å². The van der Waals surface area contributed by atoms with Crippen molar-refractivity contribution < 1.29 is 19.0 Å².